The van der Waals surface area contributed by atoms with E-state index in [1.807, 2.05) is 12.1 Å². The molecular weight excluding hydrogens is 294 g/mol. The summed E-state index contributed by atoms with van der Waals surface area (Å²) in [5.41, 5.74) is 0. The number of rotatable bonds is 7. The van der Waals surface area contributed by atoms with E-state index in [-0.39, 0.29) is 0 Å². The van der Waals surface area contributed by atoms with Crippen LogP contribution in [0.5, 0.6) is 0 Å². The molecule has 0 bridgehead atoms. The van der Waals surface area contributed by atoms with Crippen molar-refractivity contribution in [2.24, 2.45) is 10.9 Å². The Kier molecular flexibility index (Phi) is 6.52. The van der Waals surface area contributed by atoms with Gasteiger partial charge in [0.25, 0.3) is 0 Å². The van der Waals surface area contributed by atoms with Gasteiger partial charge in [0, 0.05) is 23.9 Å². The summed E-state index contributed by atoms with van der Waals surface area (Å²) in [4.78, 5) is 5.95. The molecule has 0 aliphatic carbocycles. The predicted octanol–water partition coefficient (Wildman–Crippen LogP) is 3.66. The average Bonchev–Trinajstić information content (AvgIpc) is 3.17. The second-order valence-electron chi connectivity index (χ2n) is 5.68. The van der Waals surface area contributed by atoms with Crippen LogP contribution in [-0.2, 0) is 13.0 Å². The van der Waals surface area contributed by atoms with Gasteiger partial charge in [0.05, 0.1) is 12.8 Å². The molecule has 22 heavy (non-hydrogen) atoms. The van der Waals surface area contributed by atoms with E-state index < -0.39 is 0 Å². The van der Waals surface area contributed by atoms with Crippen molar-refractivity contribution in [3.63, 3.8) is 0 Å². The van der Waals surface area contributed by atoms with E-state index in [1.54, 1.807) is 17.6 Å². The quantitative estimate of drug-likeness (QED) is 0.605. The van der Waals surface area contributed by atoms with Gasteiger partial charge < -0.3 is 15.1 Å². The Bertz CT molecular complexity index is 546. The molecule has 2 N–H and O–H groups in total. The Labute approximate surface area is 136 Å². The van der Waals surface area contributed by atoms with Crippen LogP contribution in [0.2, 0.25) is 0 Å². The van der Waals surface area contributed by atoms with Crippen LogP contribution in [0.1, 0.15) is 31.4 Å². The molecule has 120 valence electrons. The van der Waals surface area contributed by atoms with Gasteiger partial charge in [-0.1, -0.05) is 19.9 Å². The highest BCUT2D eigenvalue weighted by atomic mass is 32.1. The largest absolute Gasteiger partial charge is 0.469 e. The third-order valence-corrected chi connectivity index (χ3v) is 4.44. The van der Waals surface area contributed by atoms with Crippen molar-refractivity contribution in [1.29, 1.82) is 0 Å². The first-order valence-electron chi connectivity index (χ1n) is 7.74. The van der Waals surface area contributed by atoms with E-state index in [0.29, 0.717) is 18.5 Å². The summed E-state index contributed by atoms with van der Waals surface area (Å²) in [6.45, 7) is 8.10. The highest BCUT2D eigenvalue weighted by Gasteiger charge is 2.09. The maximum absolute atomic E-state index is 5.35. The Hall–Kier alpha value is -1.75. The summed E-state index contributed by atoms with van der Waals surface area (Å²) in [6, 6.07) is 8.46. The smallest absolute Gasteiger partial charge is 0.191 e. The maximum Gasteiger partial charge on any atom is 0.191 e. The van der Waals surface area contributed by atoms with Gasteiger partial charge in [-0.05, 0) is 36.4 Å². The van der Waals surface area contributed by atoms with Crippen molar-refractivity contribution < 1.29 is 4.42 Å². The number of nitrogens with one attached hydrogen (secondary N) is 2. The van der Waals surface area contributed by atoms with Crippen LogP contribution in [-0.4, -0.2) is 18.5 Å². The van der Waals surface area contributed by atoms with Gasteiger partial charge in [-0.15, -0.1) is 11.3 Å². The molecule has 2 aromatic heterocycles. The molecule has 0 saturated heterocycles. The monoisotopic (exact) mass is 319 g/mol. The first kappa shape index (κ1) is 16.6. The fourth-order valence-corrected chi connectivity index (χ4v) is 2.48. The minimum absolute atomic E-state index is 0.373. The molecule has 1 unspecified atom stereocenters. The maximum atomic E-state index is 5.35. The summed E-state index contributed by atoms with van der Waals surface area (Å²) in [6.07, 6.45) is 2.56. The lowest BCUT2D eigenvalue weighted by atomic mass is 10.1. The minimum Gasteiger partial charge on any atom is -0.469 e. The topological polar surface area (TPSA) is 49.6 Å². The number of aliphatic imine (C=N–C) groups is 1. The third-order valence-electron chi connectivity index (χ3n) is 3.58. The van der Waals surface area contributed by atoms with E-state index in [0.717, 1.165) is 24.7 Å². The molecule has 5 heteroatoms. The summed E-state index contributed by atoms with van der Waals surface area (Å²) >= 11 is 1.73. The summed E-state index contributed by atoms with van der Waals surface area (Å²) in [5.74, 6) is 2.40. The van der Waals surface area contributed by atoms with Gasteiger partial charge in [0.15, 0.2) is 5.96 Å². The highest BCUT2D eigenvalue weighted by molar-refractivity contribution is 7.09. The lowest BCUT2D eigenvalue weighted by molar-refractivity contribution is 0.477. The molecule has 0 aromatic carbocycles. The second-order valence-corrected chi connectivity index (χ2v) is 6.71. The number of nitrogens with zero attached hydrogens (tertiary/aromatic N) is 1. The Morgan fingerprint density at radius 2 is 2.14 bits per heavy atom. The first-order chi connectivity index (χ1) is 10.6. The number of thiophene rings is 1. The molecule has 0 saturated carbocycles. The summed E-state index contributed by atoms with van der Waals surface area (Å²) in [7, 11) is 0. The van der Waals surface area contributed by atoms with E-state index in [2.05, 4.69) is 53.9 Å². The molecule has 0 amide bonds. The molecule has 0 fully saturated rings. The number of hydrogen-bond donors (Lipinski definition) is 2. The Morgan fingerprint density at radius 1 is 1.27 bits per heavy atom. The molecule has 2 rings (SSSR count). The van der Waals surface area contributed by atoms with Crippen LogP contribution in [0, 0.1) is 5.92 Å². The minimum atomic E-state index is 0.373. The molecule has 2 aromatic rings. The van der Waals surface area contributed by atoms with E-state index >= 15 is 0 Å². The van der Waals surface area contributed by atoms with Crippen LogP contribution >= 0.6 is 11.3 Å². The summed E-state index contributed by atoms with van der Waals surface area (Å²) < 4.78 is 5.35. The highest BCUT2D eigenvalue weighted by Crippen LogP contribution is 2.09. The Balaban J connectivity index is 1.89. The number of guanidine groups is 1. The van der Waals surface area contributed by atoms with Crippen LogP contribution in [0.15, 0.2) is 45.3 Å². The molecule has 0 radical (unpaired) electrons. The molecule has 0 spiro atoms. The predicted molar refractivity (Wildman–Crippen MR) is 93.3 cm³/mol. The zero-order valence-electron chi connectivity index (χ0n) is 13.5. The van der Waals surface area contributed by atoms with E-state index in [9.17, 15) is 0 Å². The normalized spacial score (nSPS) is 13.4. The van der Waals surface area contributed by atoms with Crippen LogP contribution in [0.3, 0.4) is 0 Å². The first-order valence-corrected chi connectivity index (χ1v) is 8.62. The summed E-state index contributed by atoms with van der Waals surface area (Å²) in [5, 5.41) is 8.94. The van der Waals surface area contributed by atoms with Crippen LogP contribution in [0.4, 0.5) is 0 Å². The van der Waals surface area contributed by atoms with Crippen molar-refractivity contribution in [2.45, 2.75) is 39.8 Å². The molecule has 0 aliphatic rings. The number of furan rings is 1. The fraction of sp³-hybridized carbons (Fsp3) is 0.471. The zero-order valence-corrected chi connectivity index (χ0v) is 14.3. The molecule has 4 nitrogen and oxygen atoms in total. The Morgan fingerprint density at radius 3 is 2.77 bits per heavy atom. The van der Waals surface area contributed by atoms with Gasteiger partial charge in [0.1, 0.15) is 5.76 Å². The third kappa shape index (κ3) is 5.56. The zero-order chi connectivity index (χ0) is 15.8. The van der Waals surface area contributed by atoms with Gasteiger partial charge >= 0.3 is 0 Å². The van der Waals surface area contributed by atoms with Crippen molar-refractivity contribution >= 4 is 17.3 Å². The van der Waals surface area contributed by atoms with Gasteiger partial charge in [-0.2, -0.15) is 0 Å². The SMILES string of the molecule is CC(C)C(C)NC(=NCc1cccs1)NCCc1ccco1. The van der Waals surface area contributed by atoms with Crippen molar-refractivity contribution in [2.75, 3.05) is 6.54 Å². The average molecular weight is 319 g/mol. The van der Waals surface area contributed by atoms with Crippen molar-refractivity contribution in [1.82, 2.24) is 10.6 Å². The second kappa shape index (κ2) is 8.63. The van der Waals surface area contributed by atoms with Crippen molar-refractivity contribution in [3.05, 3.63) is 46.5 Å². The van der Waals surface area contributed by atoms with E-state index in [1.165, 1.54) is 4.88 Å². The van der Waals surface area contributed by atoms with Gasteiger partial charge in [-0.3, -0.25) is 0 Å². The van der Waals surface area contributed by atoms with Gasteiger partial charge in [-0.25, -0.2) is 4.99 Å². The molecule has 1 atom stereocenters. The molecule has 0 aliphatic heterocycles. The van der Waals surface area contributed by atoms with Crippen LogP contribution in [0.25, 0.3) is 0 Å². The molecular formula is C17H25N3OS. The van der Waals surface area contributed by atoms with Crippen LogP contribution < -0.4 is 10.6 Å². The van der Waals surface area contributed by atoms with Gasteiger partial charge in [0.2, 0.25) is 0 Å². The fourth-order valence-electron chi connectivity index (χ4n) is 1.85. The molecule has 2 heterocycles. The lowest BCUT2D eigenvalue weighted by Crippen LogP contribution is -2.44. The number of hydrogen-bond acceptors (Lipinski definition) is 3. The standard InChI is InChI=1S/C17H25N3OS/c1-13(2)14(3)20-17(19-12-16-7-5-11-22-16)18-9-8-15-6-4-10-21-15/h4-7,10-11,13-14H,8-9,12H2,1-3H3,(H2,18,19,20). The lowest BCUT2D eigenvalue weighted by Gasteiger charge is -2.21. The van der Waals surface area contributed by atoms with E-state index in [4.69, 9.17) is 4.42 Å². The van der Waals surface area contributed by atoms with Crippen molar-refractivity contribution in [3.8, 4) is 0 Å².